The third-order valence-electron chi connectivity index (χ3n) is 4.60. The molecule has 1 aromatic rings. The molecule has 1 atom stereocenters. The van der Waals surface area contributed by atoms with Crippen LogP contribution < -0.4 is 27.4 Å². The van der Waals surface area contributed by atoms with Gasteiger partial charge in [0.05, 0.1) is 19.8 Å². The molecule has 0 spiro atoms. The van der Waals surface area contributed by atoms with Gasteiger partial charge in [-0.05, 0) is 31.5 Å². The number of nitrogens with one attached hydrogen (secondary N) is 2. The van der Waals surface area contributed by atoms with Crippen molar-refractivity contribution in [3.8, 4) is 5.75 Å². The number of imide groups is 1. The molecule has 1 aromatic carbocycles. The van der Waals surface area contributed by atoms with Gasteiger partial charge >= 0.3 is 6.03 Å². The van der Waals surface area contributed by atoms with E-state index in [0.29, 0.717) is 26.5 Å². The van der Waals surface area contributed by atoms with Crippen molar-refractivity contribution >= 4 is 11.9 Å². The zero-order valence-electron chi connectivity index (χ0n) is 14.5. The molecule has 2 saturated heterocycles. The van der Waals surface area contributed by atoms with Crippen molar-refractivity contribution in [2.45, 2.75) is 19.4 Å². The minimum atomic E-state index is -1.03. The average molecular weight is 370 g/mol. The van der Waals surface area contributed by atoms with Gasteiger partial charge in [-0.1, -0.05) is 12.1 Å². The van der Waals surface area contributed by atoms with E-state index >= 15 is 0 Å². The third-order valence-corrected chi connectivity index (χ3v) is 4.60. The molecule has 8 heteroatoms. The summed E-state index contributed by atoms with van der Waals surface area (Å²) in [5.74, 6) is 0.534. The standard InChI is InChI=1S/C17H23N3O4.ClH/c1-3-24-14-6-4-13(5-7-14)17(2)15(21)20(16(22)18-17)12-19-8-10-23-11-9-19;/h4-7H,3,8-12H2,1-2H3,(H,18,22);1H. The number of hydrogen-bond acceptors (Lipinski definition) is 4. The monoisotopic (exact) mass is 369 g/mol. The van der Waals surface area contributed by atoms with Crippen molar-refractivity contribution in [2.75, 3.05) is 39.6 Å². The Kier molecular flexibility index (Phi) is 6.26. The molecule has 138 valence electrons. The van der Waals surface area contributed by atoms with E-state index in [9.17, 15) is 9.59 Å². The highest BCUT2D eigenvalue weighted by atomic mass is 35.5. The summed E-state index contributed by atoms with van der Waals surface area (Å²) < 4.78 is 10.8. The molecule has 2 aliphatic rings. The second-order valence-electron chi connectivity index (χ2n) is 6.27. The summed E-state index contributed by atoms with van der Waals surface area (Å²) in [5, 5.41) is 2.84. The predicted octanol–water partition coefficient (Wildman–Crippen LogP) is -3.27. The highest BCUT2D eigenvalue weighted by Crippen LogP contribution is 2.29. The van der Waals surface area contributed by atoms with Crippen LogP contribution in [0.2, 0.25) is 0 Å². The molecule has 3 rings (SSSR count). The SMILES string of the molecule is CCOc1ccc(C2(C)NC(=O)N(C[NH+]3CCOCC3)C2=O)cc1.[Cl-]. The molecule has 2 aliphatic heterocycles. The van der Waals surface area contributed by atoms with Crippen LogP contribution in [0, 0.1) is 0 Å². The van der Waals surface area contributed by atoms with Crippen molar-refractivity contribution < 1.29 is 36.4 Å². The second-order valence-corrected chi connectivity index (χ2v) is 6.27. The van der Waals surface area contributed by atoms with Crippen LogP contribution in [-0.2, 0) is 15.1 Å². The van der Waals surface area contributed by atoms with Crippen molar-refractivity contribution in [3.05, 3.63) is 29.8 Å². The number of rotatable bonds is 5. The Labute approximate surface area is 153 Å². The molecule has 0 saturated carbocycles. The van der Waals surface area contributed by atoms with E-state index in [4.69, 9.17) is 9.47 Å². The van der Waals surface area contributed by atoms with Gasteiger partial charge in [-0.15, -0.1) is 0 Å². The molecular weight excluding hydrogens is 346 g/mol. The number of urea groups is 1. The summed E-state index contributed by atoms with van der Waals surface area (Å²) in [7, 11) is 0. The zero-order valence-corrected chi connectivity index (χ0v) is 15.3. The van der Waals surface area contributed by atoms with Gasteiger partial charge in [0, 0.05) is 0 Å². The Morgan fingerprint density at radius 1 is 1.24 bits per heavy atom. The number of nitrogens with zero attached hydrogens (tertiary/aromatic N) is 1. The van der Waals surface area contributed by atoms with E-state index < -0.39 is 5.54 Å². The summed E-state index contributed by atoms with van der Waals surface area (Å²) in [5.41, 5.74) is -0.281. The van der Waals surface area contributed by atoms with Crippen LogP contribution in [0.1, 0.15) is 19.4 Å². The smallest absolute Gasteiger partial charge is 0.329 e. The average Bonchev–Trinajstić information content (AvgIpc) is 2.81. The van der Waals surface area contributed by atoms with E-state index in [1.165, 1.54) is 9.80 Å². The first-order valence-corrected chi connectivity index (χ1v) is 8.33. The fourth-order valence-electron chi connectivity index (χ4n) is 3.13. The molecular formula is C17H24ClN3O4. The molecule has 0 aromatic heterocycles. The lowest BCUT2D eigenvalue weighted by atomic mass is 9.92. The minimum absolute atomic E-state index is 0. The lowest BCUT2D eigenvalue weighted by molar-refractivity contribution is -0.915. The topological polar surface area (TPSA) is 72.3 Å². The Morgan fingerprint density at radius 2 is 1.88 bits per heavy atom. The number of morpholine rings is 1. The minimum Gasteiger partial charge on any atom is -1.00 e. The first kappa shape index (κ1) is 19.5. The summed E-state index contributed by atoms with van der Waals surface area (Å²) in [4.78, 5) is 27.7. The summed E-state index contributed by atoms with van der Waals surface area (Å²) in [6.45, 7) is 7.56. The van der Waals surface area contributed by atoms with E-state index in [0.717, 1.165) is 24.4 Å². The highest BCUT2D eigenvalue weighted by Gasteiger charge is 2.50. The predicted molar refractivity (Wildman–Crippen MR) is 86.7 cm³/mol. The van der Waals surface area contributed by atoms with E-state index in [1.807, 2.05) is 31.2 Å². The Morgan fingerprint density at radius 3 is 2.48 bits per heavy atom. The van der Waals surface area contributed by atoms with Crippen LogP contribution in [0.15, 0.2) is 24.3 Å². The summed E-state index contributed by atoms with van der Waals surface area (Å²) >= 11 is 0. The first-order valence-electron chi connectivity index (χ1n) is 8.33. The summed E-state index contributed by atoms with van der Waals surface area (Å²) in [6.07, 6.45) is 0. The molecule has 2 N–H and O–H groups in total. The van der Waals surface area contributed by atoms with Gasteiger partial charge in [0.1, 0.15) is 24.4 Å². The Bertz CT molecular complexity index is 619. The van der Waals surface area contributed by atoms with Crippen LogP contribution in [0.25, 0.3) is 0 Å². The van der Waals surface area contributed by atoms with Crippen LogP contribution >= 0.6 is 0 Å². The summed E-state index contributed by atoms with van der Waals surface area (Å²) in [6, 6.07) is 6.96. The molecule has 25 heavy (non-hydrogen) atoms. The van der Waals surface area contributed by atoms with Gasteiger partial charge in [0.2, 0.25) is 0 Å². The molecule has 2 fully saturated rings. The van der Waals surface area contributed by atoms with Gasteiger partial charge in [-0.3, -0.25) is 4.79 Å². The maximum absolute atomic E-state index is 12.9. The number of quaternary nitrogens is 1. The molecule has 3 amide bonds. The van der Waals surface area contributed by atoms with E-state index in [-0.39, 0.29) is 24.3 Å². The van der Waals surface area contributed by atoms with Gasteiger partial charge in [-0.2, -0.15) is 0 Å². The number of carbonyl (C=O) groups excluding carboxylic acids is 2. The molecule has 1 unspecified atom stereocenters. The highest BCUT2D eigenvalue weighted by molar-refractivity contribution is 6.07. The van der Waals surface area contributed by atoms with Crippen molar-refractivity contribution in [3.63, 3.8) is 0 Å². The maximum atomic E-state index is 12.9. The van der Waals surface area contributed by atoms with Gasteiger partial charge in [0.25, 0.3) is 5.91 Å². The Hall–Kier alpha value is -1.83. The molecule has 0 aliphatic carbocycles. The number of hydrogen-bond donors (Lipinski definition) is 2. The largest absolute Gasteiger partial charge is 1.00 e. The molecule has 0 radical (unpaired) electrons. The lowest BCUT2D eigenvalue weighted by Crippen LogP contribution is -3.15. The zero-order chi connectivity index (χ0) is 17.2. The van der Waals surface area contributed by atoms with Gasteiger partial charge in [0.15, 0.2) is 6.67 Å². The number of halogens is 1. The fraction of sp³-hybridized carbons (Fsp3) is 0.529. The van der Waals surface area contributed by atoms with E-state index in [2.05, 4.69) is 5.32 Å². The van der Waals surface area contributed by atoms with Gasteiger partial charge < -0.3 is 32.1 Å². The van der Waals surface area contributed by atoms with Crippen LogP contribution in [-0.4, -0.2) is 56.4 Å². The number of benzene rings is 1. The molecule has 7 nitrogen and oxygen atoms in total. The molecule has 2 heterocycles. The van der Waals surface area contributed by atoms with Crippen molar-refractivity contribution in [1.82, 2.24) is 10.2 Å². The number of ether oxygens (including phenoxy) is 2. The lowest BCUT2D eigenvalue weighted by Gasteiger charge is -2.27. The third kappa shape index (κ3) is 3.89. The number of amides is 3. The Balaban J connectivity index is 0.00000225. The quantitative estimate of drug-likeness (QED) is 0.534. The molecule has 0 bridgehead atoms. The van der Waals surface area contributed by atoms with Crippen molar-refractivity contribution in [2.24, 2.45) is 0 Å². The van der Waals surface area contributed by atoms with Gasteiger partial charge in [-0.25, -0.2) is 9.69 Å². The number of carbonyl (C=O) groups is 2. The van der Waals surface area contributed by atoms with Crippen LogP contribution in [0.3, 0.4) is 0 Å². The van der Waals surface area contributed by atoms with Crippen LogP contribution in [0.4, 0.5) is 4.79 Å². The fourth-order valence-corrected chi connectivity index (χ4v) is 3.13. The van der Waals surface area contributed by atoms with E-state index in [1.54, 1.807) is 6.92 Å². The van der Waals surface area contributed by atoms with Crippen molar-refractivity contribution in [1.29, 1.82) is 0 Å². The second kappa shape index (κ2) is 8.03. The first-order chi connectivity index (χ1) is 11.5. The normalized spacial score (nSPS) is 24.0. The maximum Gasteiger partial charge on any atom is 0.329 e. The van der Waals surface area contributed by atoms with Crippen LogP contribution in [0.5, 0.6) is 5.75 Å².